The molecular weight excluding hydrogens is 391 g/mol. The number of ether oxygens (including phenoxy) is 1. The zero-order valence-corrected chi connectivity index (χ0v) is 17.6. The number of hydrogen-bond donors (Lipinski definition) is 1. The molecule has 1 aliphatic heterocycles. The van der Waals surface area contributed by atoms with Gasteiger partial charge in [-0.3, -0.25) is 4.79 Å². The van der Waals surface area contributed by atoms with Crippen LogP contribution in [0, 0.1) is 0 Å². The van der Waals surface area contributed by atoms with Gasteiger partial charge in [-0.05, 0) is 52.7 Å². The Balaban J connectivity index is 2.07. The first-order valence-electron chi connectivity index (χ1n) is 9.00. The van der Waals surface area contributed by atoms with Crippen LogP contribution in [0.4, 0.5) is 4.79 Å². The summed E-state index contributed by atoms with van der Waals surface area (Å²) in [4.78, 5) is 28.5. The van der Waals surface area contributed by atoms with Crippen molar-refractivity contribution in [1.29, 1.82) is 0 Å². The highest BCUT2D eigenvalue weighted by molar-refractivity contribution is 6.36. The third-order valence-corrected chi connectivity index (χ3v) is 4.92. The predicted octanol–water partition coefficient (Wildman–Crippen LogP) is 4.56. The molecule has 150 valence electrons. The number of hydrogen-bond acceptors (Lipinski definition) is 4. The lowest BCUT2D eigenvalue weighted by Gasteiger charge is -2.38. The number of amides is 2. The molecule has 2 rings (SSSR count). The van der Waals surface area contributed by atoms with Crippen molar-refractivity contribution in [2.24, 2.45) is 0 Å². The summed E-state index contributed by atoms with van der Waals surface area (Å²) in [5.74, 6) is -0.592. The summed E-state index contributed by atoms with van der Waals surface area (Å²) in [6.45, 7) is 8.85. The number of phenolic OH excluding ortho intramolecular Hbond substituents is 1. The number of aromatic hydroxyl groups is 1. The molecule has 0 bridgehead atoms. The van der Waals surface area contributed by atoms with Gasteiger partial charge in [0.15, 0.2) is 0 Å². The van der Waals surface area contributed by atoms with Gasteiger partial charge in [0.2, 0.25) is 0 Å². The number of nitrogens with zero attached hydrogens (tertiary/aromatic N) is 2. The summed E-state index contributed by atoms with van der Waals surface area (Å²) < 4.78 is 5.40. The van der Waals surface area contributed by atoms with E-state index in [-0.39, 0.29) is 39.4 Å². The van der Waals surface area contributed by atoms with E-state index in [1.54, 1.807) is 9.80 Å². The van der Waals surface area contributed by atoms with Crippen LogP contribution in [-0.4, -0.2) is 58.2 Å². The molecule has 8 heteroatoms. The Labute approximate surface area is 170 Å². The summed E-state index contributed by atoms with van der Waals surface area (Å²) >= 11 is 11.9. The van der Waals surface area contributed by atoms with Crippen LogP contribution in [0.5, 0.6) is 5.75 Å². The third kappa shape index (κ3) is 5.42. The smallest absolute Gasteiger partial charge is 0.410 e. The molecule has 0 aromatic heterocycles. The fraction of sp³-hybridized carbons (Fsp3) is 0.579. The van der Waals surface area contributed by atoms with Crippen LogP contribution in [0.25, 0.3) is 0 Å². The molecule has 0 aliphatic carbocycles. The maximum atomic E-state index is 12.9. The Bertz CT molecular complexity index is 710. The van der Waals surface area contributed by atoms with Gasteiger partial charge in [0, 0.05) is 30.7 Å². The van der Waals surface area contributed by atoms with Crippen molar-refractivity contribution in [3.8, 4) is 5.75 Å². The van der Waals surface area contributed by atoms with Crippen LogP contribution < -0.4 is 0 Å². The molecule has 0 unspecified atom stereocenters. The first kappa shape index (κ1) is 21.6. The van der Waals surface area contributed by atoms with Crippen LogP contribution in [0.3, 0.4) is 0 Å². The number of phenols is 1. The molecule has 1 heterocycles. The van der Waals surface area contributed by atoms with Crippen molar-refractivity contribution >= 4 is 35.2 Å². The Kier molecular flexibility index (Phi) is 6.87. The number of benzene rings is 1. The van der Waals surface area contributed by atoms with Crippen LogP contribution in [-0.2, 0) is 4.74 Å². The van der Waals surface area contributed by atoms with Crippen molar-refractivity contribution < 1.29 is 19.4 Å². The van der Waals surface area contributed by atoms with Crippen molar-refractivity contribution in [1.82, 2.24) is 9.80 Å². The summed E-state index contributed by atoms with van der Waals surface area (Å²) in [7, 11) is 0. The molecule has 1 saturated heterocycles. The average Bonchev–Trinajstić information content (AvgIpc) is 2.57. The first-order valence-corrected chi connectivity index (χ1v) is 9.76. The van der Waals surface area contributed by atoms with E-state index in [0.29, 0.717) is 32.5 Å². The number of carbonyl (C=O) groups is 2. The van der Waals surface area contributed by atoms with Crippen molar-refractivity contribution in [2.45, 2.75) is 52.2 Å². The van der Waals surface area contributed by atoms with Gasteiger partial charge in [-0.15, -0.1) is 0 Å². The zero-order chi connectivity index (χ0) is 20.4. The van der Waals surface area contributed by atoms with E-state index < -0.39 is 5.60 Å². The second-order valence-electron chi connectivity index (χ2n) is 7.57. The third-order valence-electron chi connectivity index (χ3n) is 4.42. The van der Waals surface area contributed by atoms with E-state index in [9.17, 15) is 14.7 Å². The van der Waals surface area contributed by atoms with Crippen molar-refractivity contribution in [3.05, 3.63) is 27.7 Å². The SMILES string of the molecule is CCN(C(=O)c1cc(Cl)cc(Cl)c1O)C1CCN(C(=O)OC(C)(C)C)CC1. The molecule has 1 aliphatic rings. The van der Waals surface area contributed by atoms with E-state index in [1.165, 1.54) is 12.1 Å². The van der Waals surface area contributed by atoms with Crippen LogP contribution in [0.2, 0.25) is 10.0 Å². The van der Waals surface area contributed by atoms with Gasteiger partial charge in [-0.1, -0.05) is 23.2 Å². The lowest BCUT2D eigenvalue weighted by atomic mass is 10.0. The second-order valence-corrected chi connectivity index (χ2v) is 8.42. The van der Waals surface area contributed by atoms with Gasteiger partial charge in [0.25, 0.3) is 5.91 Å². The molecule has 1 aromatic carbocycles. The molecule has 1 fully saturated rings. The standard InChI is InChI=1S/C19H26Cl2N2O4/c1-5-23(17(25)14-10-12(20)11-15(21)16(14)24)13-6-8-22(9-7-13)18(26)27-19(2,3)4/h10-11,13,24H,5-9H2,1-4H3. The molecule has 2 amide bonds. The molecule has 0 radical (unpaired) electrons. The van der Waals surface area contributed by atoms with E-state index in [2.05, 4.69) is 0 Å². The number of rotatable bonds is 3. The second kappa shape index (κ2) is 8.57. The van der Waals surface area contributed by atoms with Crippen LogP contribution in [0.1, 0.15) is 50.9 Å². The molecule has 0 saturated carbocycles. The lowest BCUT2D eigenvalue weighted by molar-refractivity contribution is 0.0150. The molecular formula is C19H26Cl2N2O4. The maximum Gasteiger partial charge on any atom is 0.410 e. The quantitative estimate of drug-likeness (QED) is 0.783. The molecule has 6 nitrogen and oxygen atoms in total. The minimum absolute atomic E-state index is 0.0432. The normalized spacial score (nSPS) is 15.6. The molecule has 1 aromatic rings. The maximum absolute atomic E-state index is 12.9. The zero-order valence-electron chi connectivity index (χ0n) is 16.1. The highest BCUT2D eigenvalue weighted by Crippen LogP contribution is 2.33. The Morgan fingerprint density at radius 2 is 1.85 bits per heavy atom. The van der Waals surface area contributed by atoms with E-state index >= 15 is 0 Å². The van der Waals surface area contributed by atoms with Gasteiger partial charge in [0.1, 0.15) is 11.4 Å². The topological polar surface area (TPSA) is 70.1 Å². The van der Waals surface area contributed by atoms with Gasteiger partial charge >= 0.3 is 6.09 Å². The van der Waals surface area contributed by atoms with Gasteiger partial charge < -0.3 is 19.6 Å². The first-order chi connectivity index (χ1) is 12.5. The number of halogens is 2. The van der Waals surface area contributed by atoms with E-state index in [4.69, 9.17) is 27.9 Å². The number of carbonyl (C=O) groups excluding carboxylic acids is 2. The predicted molar refractivity (Wildman–Crippen MR) is 106 cm³/mol. The summed E-state index contributed by atoms with van der Waals surface area (Å²) in [5.41, 5.74) is -0.452. The highest BCUT2D eigenvalue weighted by Gasteiger charge is 2.32. The minimum atomic E-state index is -0.539. The van der Waals surface area contributed by atoms with Crippen LogP contribution >= 0.6 is 23.2 Å². The minimum Gasteiger partial charge on any atom is -0.506 e. The molecule has 0 atom stereocenters. The summed E-state index contributed by atoms with van der Waals surface area (Å²) in [5, 5.41) is 10.5. The van der Waals surface area contributed by atoms with Gasteiger partial charge in [-0.25, -0.2) is 4.79 Å². The largest absolute Gasteiger partial charge is 0.506 e. The van der Waals surface area contributed by atoms with E-state index in [1.807, 2.05) is 27.7 Å². The average molecular weight is 417 g/mol. The van der Waals surface area contributed by atoms with Crippen molar-refractivity contribution in [2.75, 3.05) is 19.6 Å². The van der Waals surface area contributed by atoms with Crippen molar-refractivity contribution in [3.63, 3.8) is 0 Å². The fourth-order valence-electron chi connectivity index (χ4n) is 3.14. The molecule has 1 N–H and O–H groups in total. The molecule has 27 heavy (non-hydrogen) atoms. The van der Waals surface area contributed by atoms with Crippen LogP contribution in [0.15, 0.2) is 12.1 Å². The van der Waals surface area contributed by atoms with Gasteiger partial charge in [0.05, 0.1) is 10.6 Å². The summed E-state index contributed by atoms with van der Waals surface area (Å²) in [6, 6.07) is 2.77. The number of likely N-dealkylation sites (tertiary alicyclic amines) is 1. The number of piperidine rings is 1. The Morgan fingerprint density at radius 1 is 1.26 bits per heavy atom. The monoisotopic (exact) mass is 416 g/mol. The lowest BCUT2D eigenvalue weighted by Crippen LogP contribution is -2.49. The molecule has 0 spiro atoms. The fourth-order valence-corrected chi connectivity index (χ4v) is 3.63. The highest BCUT2D eigenvalue weighted by atomic mass is 35.5. The summed E-state index contributed by atoms with van der Waals surface area (Å²) in [6.07, 6.45) is 0.927. The van der Waals surface area contributed by atoms with E-state index in [0.717, 1.165) is 0 Å². The Morgan fingerprint density at radius 3 is 2.37 bits per heavy atom. The Hall–Kier alpha value is -1.66. The van der Waals surface area contributed by atoms with Gasteiger partial charge in [-0.2, -0.15) is 0 Å².